The van der Waals surface area contributed by atoms with Crippen molar-refractivity contribution >= 4 is 17.1 Å². The summed E-state index contributed by atoms with van der Waals surface area (Å²) in [4.78, 5) is 12.6. The molecule has 0 unspecified atom stereocenters. The van der Waals surface area contributed by atoms with Crippen LogP contribution < -0.4 is 5.32 Å². The third-order valence-corrected chi connectivity index (χ3v) is 3.58. The fourth-order valence-electron chi connectivity index (χ4n) is 1.63. The van der Waals surface area contributed by atoms with E-state index in [9.17, 15) is 4.79 Å². The van der Waals surface area contributed by atoms with Crippen LogP contribution in [0.4, 0.5) is 0 Å². The van der Waals surface area contributed by atoms with Crippen molar-refractivity contribution in [2.45, 2.75) is 13.0 Å². The number of benzene rings is 1. The van der Waals surface area contributed by atoms with E-state index >= 15 is 0 Å². The minimum Gasteiger partial charge on any atom is -0.303 e. The van der Waals surface area contributed by atoms with Gasteiger partial charge < -0.3 is 5.32 Å². The van der Waals surface area contributed by atoms with Gasteiger partial charge in [-0.15, -0.1) is 11.3 Å². The molecule has 0 amide bonds. The predicted molar refractivity (Wildman–Crippen MR) is 71.5 cm³/mol. The summed E-state index contributed by atoms with van der Waals surface area (Å²) in [6.07, 6.45) is 0. The fourth-order valence-corrected chi connectivity index (χ4v) is 2.29. The van der Waals surface area contributed by atoms with Crippen molar-refractivity contribution in [3.05, 3.63) is 58.3 Å². The quantitative estimate of drug-likeness (QED) is 0.819. The molecule has 3 heteroatoms. The van der Waals surface area contributed by atoms with Gasteiger partial charge in [-0.25, -0.2) is 0 Å². The van der Waals surface area contributed by atoms with Gasteiger partial charge in [-0.3, -0.25) is 4.79 Å². The summed E-state index contributed by atoms with van der Waals surface area (Å²) in [7, 11) is 0. The average Bonchev–Trinajstić information content (AvgIpc) is 2.90. The molecule has 0 saturated heterocycles. The Morgan fingerprint density at radius 1 is 1.24 bits per heavy atom. The number of thiophene rings is 1. The lowest BCUT2D eigenvalue weighted by atomic mass is 10.1. The van der Waals surface area contributed by atoms with Crippen LogP contribution >= 0.6 is 11.3 Å². The van der Waals surface area contributed by atoms with E-state index in [0.29, 0.717) is 6.54 Å². The standard InChI is InChI=1S/C14H15NOS/c1-11(12-6-3-2-4-7-12)15-10-13(16)14-8-5-9-17-14/h2-9,11,15H,10H2,1H3/t11-/m0/s1. The molecule has 17 heavy (non-hydrogen) atoms. The molecule has 2 aromatic rings. The molecule has 0 aliphatic carbocycles. The molecule has 1 aromatic heterocycles. The van der Waals surface area contributed by atoms with Gasteiger partial charge in [-0.05, 0) is 23.9 Å². The van der Waals surface area contributed by atoms with Crippen LogP contribution in [-0.2, 0) is 0 Å². The smallest absolute Gasteiger partial charge is 0.186 e. The van der Waals surface area contributed by atoms with Gasteiger partial charge in [-0.2, -0.15) is 0 Å². The summed E-state index contributed by atoms with van der Waals surface area (Å²) < 4.78 is 0. The highest BCUT2D eigenvalue weighted by atomic mass is 32.1. The molecule has 1 aromatic carbocycles. The number of nitrogens with one attached hydrogen (secondary N) is 1. The second kappa shape index (κ2) is 5.75. The number of hydrogen-bond acceptors (Lipinski definition) is 3. The lowest BCUT2D eigenvalue weighted by Gasteiger charge is -2.13. The van der Waals surface area contributed by atoms with Crippen molar-refractivity contribution in [1.82, 2.24) is 5.32 Å². The van der Waals surface area contributed by atoms with Gasteiger partial charge in [0.2, 0.25) is 0 Å². The molecule has 0 saturated carbocycles. The molecule has 88 valence electrons. The van der Waals surface area contributed by atoms with Crippen molar-refractivity contribution in [3.63, 3.8) is 0 Å². The SMILES string of the molecule is C[C@H](NCC(=O)c1cccs1)c1ccccc1. The Labute approximate surface area is 105 Å². The van der Waals surface area contributed by atoms with Crippen LogP contribution in [0.1, 0.15) is 28.2 Å². The first-order chi connectivity index (χ1) is 8.27. The Bertz CT molecular complexity index is 464. The van der Waals surface area contributed by atoms with Crippen LogP contribution in [0.5, 0.6) is 0 Å². The lowest BCUT2D eigenvalue weighted by molar-refractivity contribution is 0.0992. The van der Waals surface area contributed by atoms with Gasteiger partial charge >= 0.3 is 0 Å². The van der Waals surface area contributed by atoms with E-state index in [4.69, 9.17) is 0 Å². The monoisotopic (exact) mass is 245 g/mol. The molecule has 1 N–H and O–H groups in total. The third-order valence-electron chi connectivity index (χ3n) is 2.66. The molecular formula is C14H15NOS. The van der Waals surface area contributed by atoms with Crippen molar-refractivity contribution in [2.24, 2.45) is 0 Å². The van der Waals surface area contributed by atoms with Gasteiger partial charge in [0, 0.05) is 6.04 Å². The van der Waals surface area contributed by atoms with E-state index in [0.717, 1.165) is 4.88 Å². The summed E-state index contributed by atoms with van der Waals surface area (Å²) in [5, 5.41) is 5.17. The maximum Gasteiger partial charge on any atom is 0.186 e. The third kappa shape index (κ3) is 3.25. The minimum atomic E-state index is 0.155. The van der Waals surface area contributed by atoms with E-state index < -0.39 is 0 Å². The van der Waals surface area contributed by atoms with Gasteiger partial charge in [0.05, 0.1) is 11.4 Å². The second-order valence-electron chi connectivity index (χ2n) is 3.91. The van der Waals surface area contributed by atoms with Gasteiger partial charge in [0.1, 0.15) is 0 Å². The van der Waals surface area contributed by atoms with Crippen LogP contribution in [-0.4, -0.2) is 12.3 Å². The highest BCUT2D eigenvalue weighted by Gasteiger charge is 2.09. The Balaban J connectivity index is 1.89. The first-order valence-electron chi connectivity index (χ1n) is 5.62. The topological polar surface area (TPSA) is 29.1 Å². The summed E-state index contributed by atoms with van der Waals surface area (Å²) in [6, 6.07) is 14.1. The highest BCUT2D eigenvalue weighted by molar-refractivity contribution is 7.12. The van der Waals surface area contributed by atoms with Crippen molar-refractivity contribution < 1.29 is 4.79 Å². The Kier molecular flexibility index (Phi) is 4.07. The zero-order valence-corrected chi connectivity index (χ0v) is 10.5. The molecule has 0 fully saturated rings. The molecule has 0 aliphatic rings. The molecule has 0 spiro atoms. The largest absolute Gasteiger partial charge is 0.303 e. The maximum atomic E-state index is 11.8. The lowest BCUT2D eigenvalue weighted by Crippen LogP contribution is -2.25. The van der Waals surface area contributed by atoms with Crippen LogP contribution in [0, 0.1) is 0 Å². The average molecular weight is 245 g/mol. The normalized spacial score (nSPS) is 12.3. The molecule has 2 nitrogen and oxygen atoms in total. The van der Waals surface area contributed by atoms with E-state index in [1.165, 1.54) is 16.9 Å². The molecule has 1 atom stereocenters. The number of carbonyl (C=O) groups excluding carboxylic acids is 1. The second-order valence-corrected chi connectivity index (χ2v) is 4.86. The van der Waals surface area contributed by atoms with Crippen molar-refractivity contribution in [1.29, 1.82) is 0 Å². The summed E-state index contributed by atoms with van der Waals surface area (Å²) in [6.45, 7) is 2.45. The molecule has 0 aliphatic heterocycles. The maximum absolute atomic E-state index is 11.8. The first-order valence-corrected chi connectivity index (χ1v) is 6.50. The van der Waals surface area contributed by atoms with Crippen LogP contribution in [0.3, 0.4) is 0 Å². The zero-order chi connectivity index (χ0) is 12.1. The Morgan fingerprint density at radius 3 is 2.65 bits per heavy atom. The number of Topliss-reactive ketones (excluding diaryl/α,β-unsaturated/α-hetero) is 1. The summed E-state index contributed by atoms with van der Waals surface area (Å²) >= 11 is 1.49. The van der Waals surface area contributed by atoms with Crippen molar-refractivity contribution in [2.75, 3.05) is 6.54 Å². The van der Waals surface area contributed by atoms with Gasteiger partial charge in [-0.1, -0.05) is 36.4 Å². The van der Waals surface area contributed by atoms with E-state index in [2.05, 4.69) is 24.4 Å². The highest BCUT2D eigenvalue weighted by Crippen LogP contribution is 2.12. The van der Waals surface area contributed by atoms with Crippen LogP contribution in [0.25, 0.3) is 0 Å². The summed E-state index contributed by atoms with van der Waals surface area (Å²) in [5.74, 6) is 0.155. The molecule has 2 rings (SSSR count). The van der Waals surface area contributed by atoms with E-state index in [1.54, 1.807) is 0 Å². The van der Waals surface area contributed by atoms with Crippen LogP contribution in [0.15, 0.2) is 47.8 Å². The molecule has 0 radical (unpaired) electrons. The molecule has 0 bridgehead atoms. The summed E-state index contributed by atoms with van der Waals surface area (Å²) in [5.41, 5.74) is 1.20. The molecular weight excluding hydrogens is 230 g/mol. The van der Waals surface area contributed by atoms with Gasteiger partial charge in [0.15, 0.2) is 5.78 Å². The predicted octanol–water partition coefficient (Wildman–Crippen LogP) is 3.28. The Morgan fingerprint density at radius 2 is 2.00 bits per heavy atom. The number of hydrogen-bond donors (Lipinski definition) is 1. The molecule has 1 heterocycles. The number of ketones is 1. The van der Waals surface area contributed by atoms with Gasteiger partial charge in [0.25, 0.3) is 0 Å². The zero-order valence-electron chi connectivity index (χ0n) is 9.72. The minimum absolute atomic E-state index is 0.155. The number of carbonyl (C=O) groups is 1. The van der Waals surface area contributed by atoms with Crippen molar-refractivity contribution in [3.8, 4) is 0 Å². The Hall–Kier alpha value is -1.45. The first kappa shape index (κ1) is 12.0. The van der Waals surface area contributed by atoms with E-state index in [1.807, 2.05) is 35.7 Å². The number of rotatable bonds is 5. The van der Waals surface area contributed by atoms with E-state index in [-0.39, 0.29) is 11.8 Å². The fraction of sp³-hybridized carbons (Fsp3) is 0.214. The van der Waals surface area contributed by atoms with Crippen LogP contribution in [0.2, 0.25) is 0 Å².